The normalized spacial score (nSPS) is 13.4. The summed E-state index contributed by atoms with van der Waals surface area (Å²) < 4.78 is 33.5. The first-order valence-electron chi connectivity index (χ1n) is 11.1. The Balaban J connectivity index is 4.42. The highest BCUT2D eigenvalue weighted by atomic mass is 32.2. The highest BCUT2D eigenvalue weighted by Crippen LogP contribution is 2.21. The standard InChI is InChI=1S/C21H41N3O8S/c1-6-12-31-13-9-21(4,5)32-14-11-23-17(25)8-7-16(18(26)27)24-19(28)20(2,3)10-15-33(22,29)30/h16H,6-15H2,1-5H3,(H,23,25)(H,24,28)(H,26,27)(H2,22,29,30). The van der Waals surface area contributed by atoms with E-state index in [0.717, 1.165) is 6.42 Å². The predicted molar refractivity (Wildman–Crippen MR) is 124 cm³/mol. The topological polar surface area (TPSA) is 174 Å². The van der Waals surface area contributed by atoms with Gasteiger partial charge in [-0.15, -0.1) is 0 Å². The van der Waals surface area contributed by atoms with Crippen LogP contribution in [0, 0.1) is 5.41 Å². The molecular weight excluding hydrogens is 454 g/mol. The van der Waals surface area contributed by atoms with Gasteiger partial charge in [-0.1, -0.05) is 20.8 Å². The molecule has 11 nitrogen and oxygen atoms in total. The molecule has 0 saturated carbocycles. The summed E-state index contributed by atoms with van der Waals surface area (Å²) in [6.07, 6.45) is 1.39. The van der Waals surface area contributed by atoms with E-state index in [-0.39, 0.29) is 31.7 Å². The minimum Gasteiger partial charge on any atom is -0.480 e. The second-order valence-electron chi connectivity index (χ2n) is 9.22. The Bertz CT molecular complexity index is 738. The molecule has 1 atom stereocenters. The number of carboxylic acids is 1. The van der Waals surface area contributed by atoms with Crippen molar-refractivity contribution in [3.05, 3.63) is 0 Å². The molecule has 33 heavy (non-hydrogen) atoms. The van der Waals surface area contributed by atoms with Gasteiger partial charge in [-0.05, 0) is 39.5 Å². The SMILES string of the molecule is CCCOCCC(C)(C)OCCNC(=O)CCC(NC(=O)C(C)(C)CCS(N)(=O)=O)C(=O)O. The molecule has 0 rings (SSSR count). The maximum Gasteiger partial charge on any atom is 0.326 e. The monoisotopic (exact) mass is 495 g/mol. The number of carbonyl (C=O) groups excluding carboxylic acids is 2. The third-order valence-electron chi connectivity index (χ3n) is 5.00. The highest BCUT2D eigenvalue weighted by Gasteiger charge is 2.32. The van der Waals surface area contributed by atoms with Crippen molar-refractivity contribution in [3.8, 4) is 0 Å². The van der Waals surface area contributed by atoms with E-state index in [1.807, 2.05) is 20.8 Å². The Kier molecular flexibility index (Phi) is 13.7. The number of hydrogen-bond donors (Lipinski definition) is 4. The second-order valence-corrected chi connectivity index (χ2v) is 11.0. The number of carboxylic acid groups (broad SMARTS) is 1. The molecule has 0 aliphatic rings. The molecule has 0 aromatic rings. The molecule has 0 spiro atoms. The third-order valence-corrected chi connectivity index (χ3v) is 5.78. The van der Waals surface area contributed by atoms with Gasteiger partial charge >= 0.3 is 5.97 Å². The molecule has 0 aliphatic heterocycles. The van der Waals surface area contributed by atoms with Gasteiger partial charge in [-0.2, -0.15) is 0 Å². The lowest BCUT2D eigenvalue weighted by Gasteiger charge is -2.26. The largest absolute Gasteiger partial charge is 0.480 e. The summed E-state index contributed by atoms with van der Waals surface area (Å²) in [7, 11) is -3.75. The van der Waals surface area contributed by atoms with Crippen LogP contribution in [-0.4, -0.2) is 75.1 Å². The molecule has 2 amide bonds. The fraction of sp³-hybridized carbons (Fsp3) is 0.857. The van der Waals surface area contributed by atoms with Crippen LogP contribution >= 0.6 is 0 Å². The lowest BCUT2D eigenvalue weighted by Crippen LogP contribution is -2.47. The Labute approximate surface area is 197 Å². The third kappa shape index (κ3) is 15.7. The van der Waals surface area contributed by atoms with E-state index in [1.54, 1.807) is 0 Å². The van der Waals surface area contributed by atoms with E-state index >= 15 is 0 Å². The predicted octanol–water partition coefficient (Wildman–Crippen LogP) is 0.769. The maximum atomic E-state index is 12.4. The van der Waals surface area contributed by atoms with Crippen molar-refractivity contribution in [1.29, 1.82) is 0 Å². The number of hydrogen-bond acceptors (Lipinski definition) is 7. The average molecular weight is 496 g/mol. The van der Waals surface area contributed by atoms with Gasteiger partial charge in [0.15, 0.2) is 0 Å². The van der Waals surface area contributed by atoms with Crippen LogP contribution in [0.1, 0.15) is 66.7 Å². The van der Waals surface area contributed by atoms with E-state index in [2.05, 4.69) is 10.6 Å². The fourth-order valence-corrected chi connectivity index (χ4v) is 3.43. The van der Waals surface area contributed by atoms with Gasteiger partial charge in [0.05, 0.1) is 18.0 Å². The Morgan fingerprint density at radius 2 is 1.70 bits per heavy atom. The number of amides is 2. The zero-order chi connectivity index (χ0) is 25.7. The molecule has 5 N–H and O–H groups in total. The van der Waals surface area contributed by atoms with Crippen molar-refractivity contribution in [2.24, 2.45) is 10.6 Å². The second kappa shape index (κ2) is 14.5. The van der Waals surface area contributed by atoms with Gasteiger partial charge in [-0.25, -0.2) is 18.4 Å². The number of rotatable bonds is 18. The molecule has 0 saturated heterocycles. The van der Waals surface area contributed by atoms with Crippen molar-refractivity contribution in [3.63, 3.8) is 0 Å². The lowest BCUT2D eigenvalue weighted by molar-refractivity contribution is -0.143. The smallest absolute Gasteiger partial charge is 0.326 e. The fourth-order valence-electron chi connectivity index (χ4n) is 2.64. The molecule has 12 heteroatoms. The van der Waals surface area contributed by atoms with Crippen LogP contribution < -0.4 is 15.8 Å². The number of aliphatic carboxylic acids is 1. The maximum absolute atomic E-state index is 12.4. The Morgan fingerprint density at radius 1 is 1.06 bits per heavy atom. The van der Waals surface area contributed by atoms with E-state index < -0.39 is 44.7 Å². The van der Waals surface area contributed by atoms with Gasteiger partial charge < -0.3 is 25.2 Å². The molecule has 0 bridgehead atoms. The van der Waals surface area contributed by atoms with Crippen LogP contribution in [0.15, 0.2) is 0 Å². The van der Waals surface area contributed by atoms with Crippen molar-refractivity contribution >= 4 is 27.8 Å². The van der Waals surface area contributed by atoms with E-state index in [9.17, 15) is 27.9 Å². The van der Waals surface area contributed by atoms with Gasteiger partial charge in [0.25, 0.3) is 0 Å². The molecule has 0 aromatic heterocycles. The summed E-state index contributed by atoms with van der Waals surface area (Å²) in [5.74, 6) is -2.68. The Hall–Kier alpha value is -1.76. The van der Waals surface area contributed by atoms with Crippen LogP contribution in [0.2, 0.25) is 0 Å². The van der Waals surface area contributed by atoms with Crippen LogP contribution in [0.3, 0.4) is 0 Å². The summed E-state index contributed by atoms with van der Waals surface area (Å²) >= 11 is 0. The highest BCUT2D eigenvalue weighted by molar-refractivity contribution is 7.89. The quantitative estimate of drug-likeness (QED) is 0.202. The number of nitrogens with two attached hydrogens (primary N) is 1. The summed E-state index contributed by atoms with van der Waals surface area (Å²) in [6.45, 7) is 10.8. The summed E-state index contributed by atoms with van der Waals surface area (Å²) in [5.41, 5.74) is -1.54. The first-order chi connectivity index (χ1) is 15.1. The van der Waals surface area contributed by atoms with E-state index in [0.29, 0.717) is 26.2 Å². The van der Waals surface area contributed by atoms with Gasteiger partial charge in [-0.3, -0.25) is 9.59 Å². The molecule has 0 aliphatic carbocycles. The molecule has 0 radical (unpaired) electrons. The molecular formula is C21H41N3O8S. The minimum absolute atomic E-state index is 0.0639. The van der Waals surface area contributed by atoms with Crippen molar-refractivity contribution in [2.45, 2.75) is 78.4 Å². The van der Waals surface area contributed by atoms with Crippen LogP contribution in [0.25, 0.3) is 0 Å². The van der Waals surface area contributed by atoms with E-state index in [1.165, 1.54) is 13.8 Å². The van der Waals surface area contributed by atoms with Gasteiger partial charge in [0, 0.05) is 31.6 Å². The first-order valence-corrected chi connectivity index (χ1v) is 12.8. The summed E-state index contributed by atoms with van der Waals surface area (Å²) in [6, 6.07) is -1.28. The number of primary sulfonamides is 1. The van der Waals surface area contributed by atoms with Crippen molar-refractivity contribution in [1.82, 2.24) is 10.6 Å². The van der Waals surface area contributed by atoms with Crippen molar-refractivity contribution < 1.29 is 37.4 Å². The number of carbonyl (C=O) groups is 3. The molecule has 194 valence electrons. The summed E-state index contributed by atoms with van der Waals surface area (Å²) in [5, 5.41) is 19.4. The van der Waals surface area contributed by atoms with Crippen molar-refractivity contribution in [2.75, 3.05) is 32.1 Å². The molecule has 0 fully saturated rings. The molecule has 1 unspecified atom stereocenters. The Morgan fingerprint density at radius 3 is 2.24 bits per heavy atom. The van der Waals surface area contributed by atoms with E-state index in [4.69, 9.17) is 14.6 Å². The molecule has 0 heterocycles. The van der Waals surface area contributed by atoms with Gasteiger partial charge in [0.2, 0.25) is 21.8 Å². The van der Waals surface area contributed by atoms with Crippen LogP contribution in [0.5, 0.6) is 0 Å². The zero-order valence-corrected chi connectivity index (χ0v) is 21.3. The zero-order valence-electron chi connectivity index (χ0n) is 20.4. The number of nitrogens with one attached hydrogen (secondary N) is 2. The van der Waals surface area contributed by atoms with Gasteiger partial charge in [0.1, 0.15) is 6.04 Å². The van der Waals surface area contributed by atoms with Crippen LogP contribution in [0.4, 0.5) is 0 Å². The lowest BCUT2D eigenvalue weighted by atomic mass is 9.88. The minimum atomic E-state index is -3.75. The average Bonchev–Trinajstić information content (AvgIpc) is 2.69. The summed E-state index contributed by atoms with van der Waals surface area (Å²) in [4.78, 5) is 36.0. The number of sulfonamides is 1. The first kappa shape index (κ1) is 31.2. The molecule has 0 aromatic carbocycles. The number of ether oxygens (including phenoxy) is 2. The van der Waals surface area contributed by atoms with Crippen LogP contribution in [-0.2, 0) is 33.9 Å².